The number of carbonyl (C=O) groups excluding carboxylic acids is 1. The molecule has 0 radical (unpaired) electrons. The predicted octanol–water partition coefficient (Wildman–Crippen LogP) is 4.95. The molecule has 4 nitrogen and oxygen atoms in total. The van der Waals surface area contributed by atoms with Gasteiger partial charge in [0.05, 0.1) is 6.04 Å². The van der Waals surface area contributed by atoms with E-state index < -0.39 is 0 Å². The van der Waals surface area contributed by atoms with Gasteiger partial charge in [0.1, 0.15) is 17.1 Å². The highest BCUT2D eigenvalue weighted by atomic mass is 16.5. The number of nitrogens with one attached hydrogen (secondary N) is 1. The zero-order chi connectivity index (χ0) is 19.7. The topological polar surface area (TPSA) is 47.6 Å². The van der Waals surface area contributed by atoms with Gasteiger partial charge in [-0.1, -0.05) is 42.5 Å². The molecule has 28 heavy (non-hydrogen) atoms. The van der Waals surface area contributed by atoms with Gasteiger partial charge in [0.2, 0.25) is 0 Å². The normalized spacial score (nSPS) is 17.5. The highest BCUT2D eigenvalue weighted by Crippen LogP contribution is 2.39. The van der Waals surface area contributed by atoms with Crippen LogP contribution in [0.15, 0.2) is 60.7 Å². The van der Waals surface area contributed by atoms with Crippen molar-refractivity contribution in [3.8, 4) is 11.5 Å². The minimum Gasteiger partial charge on any atom is -0.487 e. The summed E-state index contributed by atoms with van der Waals surface area (Å²) in [7, 11) is 0. The first-order valence-electron chi connectivity index (χ1n) is 9.60. The van der Waals surface area contributed by atoms with Crippen molar-refractivity contribution in [3.05, 3.63) is 71.8 Å². The Morgan fingerprint density at radius 3 is 2.71 bits per heavy atom. The number of ether oxygens (including phenoxy) is 2. The summed E-state index contributed by atoms with van der Waals surface area (Å²) in [6.07, 6.45) is 0.713. The molecule has 4 rings (SSSR count). The summed E-state index contributed by atoms with van der Waals surface area (Å²) in [5.41, 5.74) is 1.82. The Kier molecular flexibility index (Phi) is 4.71. The van der Waals surface area contributed by atoms with Crippen molar-refractivity contribution in [2.45, 2.75) is 38.8 Å². The minimum atomic E-state index is -0.335. The van der Waals surface area contributed by atoms with Crippen LogP contribution in [0, 0.1) is 6.92 Å². The Morgan fingerprint density at radius 2 is 1.89 bits per heavy atom. The molecule has 0 saturated heterocycles. The third-order valence-corrected chi connectivity index (χ3v) is 5.05. The van der Waals surface area contributed by atoms with Gasteiger partial charge in [-0.25, -0.2) is 0 Å². The molecule has 4 heteroatoms. The Labute approximate surface area is 165 Å². The Bertz CT molecular complexity index is 1030. The number of amides is 1. The predicted molar refractivity (Wildman–Crippen MR) is 111 cm³/mol. The van der Waals surface area contributed by atoms with Crippen LogP contribution in [-0.2, 0) is 4.79 Å². The summed E-state index contributed by atoms with van der Waals surface area (Å²) in [4.78, 5) is 12.6. The summed E-state index contributed by atoms with van der Waals surface area (Å²) in [5.74, 6) is 1.40. The molecule has 1 amide bonds. The third-order valence-electron chi connectivity index (χ3n) is 5.05. The highest BCUT2D eigenvalue weighted by molar-refractivity contribution is 5.84. The largest absolute Gasteiger partial charge is 0.487 e. The standard InChI is InChI=1S/C24H25NO3/c1-16-8-11-20-21(14-24(2,3)28-22(20)12-16)25-23(26)15-27-19-10-9-17-6-4-5-7-18(17)13-19/h4-13,21H,14-15H2,1-3H3,(H,25,26)/t21-/m1/s1. The maximum atomic E-state index is 12.6. The molecule has 3 aromatic rings. The molecule has 1 N–H and O–H groups in total. The fraction of sp³-hybridized carbons (Fsp3) is 0.292. The van der Waals surface area contributed by atoms with Crippen LogP contribution in [0.1, 0.15) is 37.4 Å². The average Bonchev–Trinajstić information content (AvgIpc) is 2.65. The third kappa shape index (κ3) is 3.96. The molecule has 0 unspecified atom stereocenters. The van der Waals surface area contributed by atoms with Crippen molar-refractivity contribution in [1.29, 1.82) is 0 Å². The number of hydrogen-bond donors (Lipinski definition) is 1. The molecular weight excluding hydrogens is 350 g/mol. The van der Waals surface area contributed by atoms with Crippen LogP contribution in [0.3, 0.4) is 0 Å². The van der Waals surface area contributed by atoms with Gasteiger partial charge in [-0.3, -0.25) is 4.79 Å². The molecule has 1 aliphatic heterocycles. The summed E-state index contributed by atoms with van der Waals surface area (Å²) in [6.45, 7) is 6.11. The van der Waals surface area contributed by atoms with E-state index in [2.05, 4.69) is 11.4 Å². The smallest absolute Gasteiger partial charge is 0.258 e. The zero-order valence-electron chi connectivity index (χ0n) is 16.5. The summed E-state index contributed by atoms with van der Waals surface area (Å²) >= 11 is 0. The first kappa shape index (κ1) is 18.4. The first-order chi connectivity index (χ1) is 13.4. The van der Waals surface area contributed by atoms with E-state index in [4.69, 9.17) is 9.47 Å². The molecule has 1 heterocycles. The van der Waals surface area contributed by atoms with Crippen LogP contribution in [0.2, 0.25) is 0 Å². The molecule has 144 valence electrons. The van der Waals surface area contributed by atoms with Crippen LogP contribution in [0.5, 0.6) is 11.5 Å². The van der Waals surface area contributed by atoms with Crippen molar-refractivity contribution in [3.63, 3.8) is 0 Å². The lowest BCUT2D eigenvalue weighted by Gasteiger charge is -2.38. The average molecular weight is 375 g/mol. The molecule has 3 aromatic carbocycles. The lowest BCUT2D eigenvalue weighted by Crippen LogP contribution is -2.42. The first-order valence-corrected chi connectivity index (χ1v) is 9.60. The Balaban J connectivity index is 1.44. The van der Waals surface area contributed by atoms with E-state index in [-0.39, 0.29) is 24.2 Å². The van der Waals surface area contributed by atoms with E-state index in [1.807, 2.05) is 75.4 Å². The second-order valence-corrected chi connectivity index (χ2v) is 8.02. The lowest BCUT2D eigenvalue weighted by atomic mass is 9.89. The molecule has 0 bridgehead atoms. The Morgan fingerprint density at radius 1 is 1.11 bits per heavy atom. The van der Waals surface area contributed by atoms with E-state index in [0.717, 1.165) is 27.6 Å². The highest BCUT2D eigenvalue weighted by Gasteiger charge is 2.34. The fourth-order valence-corrected chi connectivity index (χ4v) is 3.73. The fourth-order valence-electron chi connectivity index (χ4n) is 3.73. The number of benzene rings is 3. The second kappa shape index (κ2) is 7.19. The van der Waals surface area contributed by atoms with E-state index in [1.54, 1.807) is 0 Å². The molecule has 0 saturated carbocycles. The van der Waals surface area contributed by atoms with Crippen LogP contribution in [0.25, 0.3) is 10.8 Å². The lowest BCUT2D eigenvalue weighted by molar-refractivity contribution is -0.124. The van der Waals surface area contributed by atoms with E-state index >= 15 is 0 Å². The van der Waals surface area contributed by atoms with Crippen molar-refractivity contribution in [2.75, 3.05) is 6.61 Å². The maximum absolute atomic E-state index is 12.6. The van der Waals surface area contributed by atoms with Crippen molar-refractivity contribution < 1.29 is 14.3 Å². The Hall–Kier alpha value is -3.01. The van der Waals surface area contributed by atoms with Gasteiger partial charge in [-0.05, 0) is 55.3 Å². The van der Waals surface area contributed by atoms with Gasteiger partial charge in [-0.2, -0.15) is 0 Å². The van der Waals surface area contributed by atoms with E-state index in [1.165, 1.54) is 0 Å². The summed E-state index contributed by atoms with van der Waals surface area (Å²) < 4.78 is 11.8. The van der Waals surface area contributed by atoms with Gasteiger partial charge in [-0.15, -0.1) is 0 Å². The number of fused-ring (bicyclic) bond motifs is 2. The summed E-state index contributed by atoms with van der Waals surface area (Å²) in [6, 6.07) is 20.0. The van der Waals surface area contributed by atoms with E-state index in [0.29, 0.717) is 12.2 Å². The van der Waals surface area contributed by atoms with Crippen molar-refractivity contribution >= 4 is 16.7 Å². The molecule has 1 aliphatic rings. The molecule has 0 fully saturated rings. The van der Waals surface area contributed by atoms with Gasteiger partial charge in [0.15, 0.2) is 6.61 Å². The molecule has 0 aliphatic carbocycles. The van der Waals surface area contributed by atoms with Crippen molar-refractivity contribution in [1.82, 2.24) is 5.32 Å². The SMILES string of the molecule is Cc1ccc2c(c1)OC(C)(C)C[C@H]2NC(=O)COc1ccc2ccccc2c1. The zero-order valence-corrected chi connectivity index (χ0v) is 16.5. The maximum Gasteiger partial charge on any atom is 0.258 e. The second-order valence-electron chi connectivity index (χ2n) is 8.02. The van der Waals surface area contributed by atoms with Crippen molar-refractivity contribution in [2.24, 2.45) is 0 Å². The number of hydrogen-bond acceptors (Lipinski definition) is 3. The number of carbonyl (C=O) groups is 1. The van der Waals surface area contributed by atoms with Gasteiger partial charge < -0.3 is 14.8 Å². The van der Waals surface area contributed by atoms with Crippen LogP contribution >= 0.6 is 0 Å². The number of rotatable bonds is 4. The molecule has 1 atom stereocenters. The molecular formula is C24H25NO3. The van der Waals surface area contributed by atoms with Gasteiger partial charge in [0, 0.05) is 12.0 Å². The molecule has 0 aromatic heterocycles. The van der Waals surface area contributed by atoms with Gasteiger partial charge in [0.25, 0.3) is 5.91 Å². The minimum absolute atomic E-state index is 0.0165. The summed E-state index contributed by atoms with van der Waals surface area (Å²) in [5, 5.41) is 5.36. The quantitative estimate of drug-likeness (QED) is 0.702. The van der Waals surface area contributed by atoms with Crippen LogP contribution in [0.4, 0.5) is 0 Å². The van der Waals surface area contributed by atoms with Gasteiger partial charge >= 0.3 is 0 Å². The number of aryl methyl sites for hydroxylation is 1. The van der Waals surface area contributed by atoms with Crippen LogP contribution < -0.4 is 14.8 Å². The molecule has 0 spiro atoms. The monoisotopic (exact) mass is 375 g/mol. The van der Waals surface area contributed by atoms with Crippen LogP contribution in [-0.4, -0.2) is 18.1 Å². The van der Waals surface area contributed by atoms with E-state index in [9.17, 15) is 4.79 Å².